The first-order valence-electron chi connectivity index (χ1n) is 8.32. The number of nitrogens with zero attached hydrogens (tertiary/aromatic N) is 2. The van der Waals surface area contributed by atoms with Crippen LogP contribution in [-0.2, 0) is 17.8 Å². The number of para-hydroxylation sites is 2. The van der Waals surface area contributed by atoms with E-state index in [1.807, 2.05) is 25.1 Å². The highest BCUT2D eigenvalue weighted by Crippen LogP contribution is 2.18. The van der Waals surface area contributed by atoms with Crippen molar-refractivity contribution < 1.29 is 10.0 Å². The Morgan fingerprint density at radius 1 is 1.30 bits per heavy atom. The monoisotopic (exact) mass is 318 g/mol. The summed E-state index contributed by atoms with van der Waals surface area (Å²) in [6.45, 7) is 5.84. The molecule has 0 fully saturated rings. The van der Waals surface area contributed by atoms with Gasteiger partial charge in [-0.2, -0.15) is 0 Å². The van der Waals surface area contributed by atoms with E-state index in [2.05, 4.69) is 22.9 Å². The lowest BCUT2D eigenvalue weighted by atomic mass is 10.1. The topological polar surface area (TPSA) is 79.2 Å². The van der Waals surface area contributed by atoms with Gasteiger partial charge in [0.2, 0.25) is 0 Å². The first kappa shape index (κ1) is 17.4. The number of benzene rings is 1. The molecule has 1 aromatic carbocycles. The van der Waals surface area contributed by atoms with Gasteiger partial charge >= 0.3 is 0 Å². The third-order valence-corrected chi connectivity index (χ3v) is 3.90. The zero-order chi connectivity index (χ0) is 16.7. The van der Waals surface area contributed by atoms with E-state index in [0.29, 0.717) is 12.8 Å². The van der Waals surface area contributed by atoms with Gasteiger partial charge in [-0.25, -0.2) is 10.5 Å². The predicted molar refractivity (Wildman–Crippen MR) is 90.4 cm³/mol. The smallest absolute Gasteiger partial charge is 0.260 e. The molecule has 0 saturated heterocycles. The molecule has 1 aromatic heterocycles. The zero-order valence-electron chi connectivity index (χ0n) is 13.9. The Labute approximate surface area is 136 Å². The van der Waals surface area contributed by atoms with E-state index in [9.17, 15) is 4.79 Å². The normalized spacial score (nSPS) is 12.5. The molecule has 1 atom stereocenters. The van der Waals surface area contributed by atoms with Crippen LogP contribution in [0.4, 0.5) is 0 Å². The number of amides is 1. The molecule has 2 rings (SSSR count). The fraction of sp³-hybridized carbons (Fsp3) is 0.529. The number of rotatable bonds is 9. The van der Waals surface area contributed by atoms with Gasteiger partial charge < -0.3 is 9.88 Å². The van der Waals surface area contributed by atoms with Crippen molar-refractivity contribution in [2.24, 2.45) is 0 Å². The number of imidazole rings is 1. The highest BCUT2D eigenvalue weighted by atomic mass is 16.5. The van der Waals surface area contributed by atoms with Crippen LogP contribution >= 0.6 is 0 Å². The zero-order valence-corrected chi connectivity index (χ0v) is 13.9. The average Bonchev–Trinajstić information content (AvgIpc) is 2.92. The third-order valence-electron chi connectivity index (χ3n) is 3.90. The largest absolute Gasteiger partial charge is 0.328 e. The maximum atomic E-state index is 11.8. The van der Waals surface area contributed by atoms with E-state index in [-0.39, 0.29) is 0 Å². The van der Waals surface area contributed by atoms with Gasteiger partial charge in [0, 0.05) is 13.0 Å². The Kier molecular flexibility index (Phi) is 6.55. The van der Waals surface area contributed by atoms with Crippen molar-refractivity contribution in [3.05, 3.63) is 30.1 Å². The molecule has 0 aliphatic heterocycles. The predicted octanol–water partition coefficient (Wildman–Crippen LogP) is 2.25. The van der Waals surface area contributed by atoms with Crippen LogP contribution in [0.5, 0.6) is 0 Å². The Hall–Kier alpha value is -1.92. The number of fused-ring (bicyclic) bond motifs is 1. The Balaban J connectivity index is 2.16. The summed E-state index contributed by atoms with van der Waals surface area (Å²) >= 11 is 0. The summed E-state index contributed by atoms with van der Waals surface area (Å²) in [6.07, 6.45) is 3.24. The van der Waals surface area contributed by atoms with Crippen LogP contribution in [0, 0.1) is 0 Å². The van der Waals surface area contributed by atoms with Crippen molar-refractivity contribution in [1.82, 2.24) is 20.3 Å². The quantitative estimate of drug-likeness (QED) is 0.489. The van der Waals surface area contributed by atoms with Gasteiger partial charge in [0.25, 0.3) is 5.91 Å². The van der Waals surface area contributed by atoms with E-state index < -0.39 is 11.9 Å². The summed E-state index contributed by atoms with van der Waals surface area (Å²) in [5.74, 6) is 0.596. The average molecular weight is 318 g/mol. The van der Waals surface area contributed by atoms with E-state index in [1.54, 1.807) is 5.48 Å². The van der Waals surface area contributed by atoms with Gasteiger partial charge in [-0.05, 0) is 37.9 Å². The summed E-state index contributed by atoms with van der Waals surface area (Å²) in [5, 5.41) is 12.1. The second-order valence-corrected chi connectivity index (χ2v) is 5.69. The molecule has 0 radical (unpaired) electrons. The van der Waals surface area contributed by atoms with Gasteiger partial charge in [-0.15, -0.1) is 0 Å². The fourth-order valence-corrected chi connectivity index (χ4v) is 2.79. The molecule has 2 aromatic rings. The van der Waals surface area contributed by atoms with E-state index in [1.165, 1.54) is 0 Å². The molecule has 1 heterocycles. The molecule has 0 spiro atoms. The number of hydrogen-bond acceptors (Lipinski definition) is 4. The molecule has 0 bridgehead atoms. The summed E-state index contributed by atoms with van der Waals surface area (Å²) < 4.78 is 2.23. The summed E-state index contributed by atoms with van der Waals surface area (Å²) in [7, 11) is 0. The second kappa shape index (κ2) is 8.64. The molecule has 0 aliphatic carbocycles. The molecule has 1 amide bonds. The lowest BCUT2D eigenvalue weighted by molar-refractivity contribution is -0.131. The number of hydroxylamine groups is 1. The fourth-order valence-electron chi connectivity index (χ4n) is 2.79. The minimum absolute atomic E-state index is 0.392. The van der Waals surface area contributed by atoms with E-state index in [4.69, 9.17) is 10.2 Å². The van der Waals surface area contributed by atoms with Gasteiger partial charge in [-0.3, -0.25) is 10.0 Å². The van der Waals surface area contributed by atoms with Crippen molar-refractivity contribution >= 4 is 16.9 Å². The molecular formula is C17H26N4O2. The standard InChI is InChI=1S/C17H26N4O2/c1-3-11-18-14(17(22)20-23)9-10-16-19-13-7-5-6-8-15(13)21(16)12-4-2/h5-8,14,18,23H,3-4,9-12H2,1-2H3,(H,20,22). The minimum atomic E-state index is -0.408. The lowest BCUT2D eigenvalue weighted by Crippen LogP contribution is -2.43. The Bertz CT molecular complexity index is 639. The van der Waals surface area contributed by atoms with Crippen molar-refractivity contribution in [2.75, 3.05) is 6.54 Å². The van der Waals surface area contributed by atoms with Crippen LogP contribution < -0.4 is 10.8 Å². The number of nitrogens with one attached hydrogen (secondary N) is 2. The highest BCUT2D eigenvalue weighted by molar-refractivity contribution is 5.80. The molecule has 0 saturated carbocycles. The van der Waals surface area contributed by atoms with Crippen LogP contribution in [0.3, 0.4) is 0 Å². The van der Waals surface area contributed by atoms with E-state index in [0.717, 1.165) is 42.8 Å². The van der Waals surface area contributed by atoms with Crippen molar-refractivity contribution in [3.63, 3.8) is 0 Å². The molecule has 6 heteroatoms. The van der Waals surface area contributed by atoms with Crippen molar-refractivity contribution in [2.45, 2.75) is 52.1 Å². The van der Waals surface area contributed by atoms with Gasteiger partial charge in [0.1, 0.15) is 5.82 Å². The van der Waals surface area contributed by atoms with Crippen LogP contribution in [-0.4, -0.2) is 33.3 Å². The first-order chi connectivity index (χ1) is 11.2. The van der Waals surface area contributed by atoms with E-state index >= 15 is 0 Å². The third kappa shape index (κ3) is 4.30. The lowest BCUT2D eigenvalue weighted by Gasteiger charge is -2.16. The number of carbonyl (C=O) groups is 1. The number of hydrogen-bond donors (Lipinski definition) is 3. The van der Waals surface area contributed by atoms with Gasteiger partial charge in [0.05, 0.1) is 17.1 Å². The van der Waals surface area contributed by atoms with Crippen LogP contribution in [0.15, 0.2) is 24.3 Å². The first-order valence-corrected chi connectivity index (χ1v) is 8.32. The second-order valence-electron chi connectivity index (χ2n) is 5.69. The molecule has 1 unspecified atom stereocenters. The molecule has 6 nitrogen and oxygen atoms in total. The summed E-state index contributed by atoms with van der Waals surface area (Å²) in [4.78, 5) is 16.5. The molecule has 126 valence electrons. The minimum Gasteiger partial charge on any atom is -0.328 e. The maximum Gasteiger partial charge on any atom is 0.260 e. The highest BCUT2D eigenvalue weighted by Gasteiger charge is 2.19. The summed E-state index contributed by atoms with van der Waals surface area (Å²) in [5.41, 5.74) is 3.87. The number of aryl methyl sites for hydroxylation is 2. The SMILES string of the molecule is CCCNC(CCc1nc2ccccc2n1CCC)C(=O)NO. The summed E-state index contributed by atoms with van der Waals surface area (Å²) in [6, 6.07) is 7.69. The van der Waals surface area contributed by atoms with Crippen LogP contribution in [0.25, 0.3) is 11.0 Å². The van der Waals surface area contributed by atoms with Crippen molar-refractivity contribution in [3.8, 4) is 0 Å². The van der Waals surface area contributed by atoms with Crippen LogP contribution in [0.2, 0.25) is 0 Å². The maximum absolute atomic E-state index is 11.8. The van der Waals surface area contributed by atoms with Crippen LogP contribution in [0.1, 0.15) is 38.9 Å². The van der Waals surface area contributed by atoms with Gasteiger partial charge in [0.15, 0.2) is 0 Å². The Morgan fingerprint density at radius 3 is 2.78 bits per heavy atom. The molecule has 3 N–H and O–H groups in total. The number of aromatic nitrogens is 2. The molecule has 0 aliphatic rings. The van der Waals surface area contributed by atoms with Gasteiger partial charge in [-0.1, -0.05) is 26.0 Å². The molecular weight excluding hydrogens is 292 g/mol. The Morgan fingerprint density at radius 2 is 2.09 bits per heavy atom. The molecule has 23 heavy (non-hydrogen) atoms. The van der Waals surface area contributed by atoms with Crippen molar-refractivity contribution in [1.29, 1.82) is 0 Å². The number of carbonyl (C=O) groups excluding carboxylic acids is 1.